The third kappa shape index (κ3) is 2.23. The number of fused-ring (bicyclic) bond motifs is 1. The Morgan fingerprint density at radius 2 is 1.67 bits per heavy atom. The van der Waals surface area contributed by atoms with Crippen LogP contribution in [0.25, 0.3) is 0 Å². The van der Waals surface area contributed by atoms with Gasteiger partial charge in [-0.1, -0.05) is 24.3 Å². The second-order valence-corrected chi connectivity index (χ2v) is 2.50. The first kappa shape index (κ1) is 11.5. The molecular weight excluding hydrogens is 193 g/mol. The number of benzene rings is 1. The second kappa shape index (κ2) is 5.18. The summed E-state index contributed by atoms with van der Waals surface area (Å²) in [5, 5.41) is 0. The van der Waals surface area contributed by atoms with Crippen LogP contribution in [0, 0.1) is 0 Å². The maximum atomic E-state index is 4.19. The smallest absolute Gasteiger partial charge is 0.0638 e. The predicted molar refractivity (Wildman–Crippen MR) is 56.8 cm³/mol. The monoisotopic (exact) mass is 203 g/mol. The average molecular weight is 204 g/mol. The molecule has 2 rings (SSSR count). The van der Waals surface area contributed by atoms with E-state index in [1.807, 2.05) is 6.21 Å². The molecule has 1 aliphatic rings. The molecular formula is C9H11Cl2N. The first-order valence-corrected chi connectivity index (χ1v) is 3.52. The van der Waals surface area contributed by atoms with E-state index < -0.39 is 0 Å². The van der Waals surface area contributed by atoms with Crippen molar-refractivity contribution < 1.29 is 0 Å². The number of hydrogen-bond donors (Lipinski definition) is 0. The molecule has 0 spiro atoms. The number of nitrogens with zero attached hydrogens (tertiary/aromatic N) is 1. The van der Waals surface area contributed by atoms with Gasteiger partial charge in [-0.2, -0.15) is 0 Å². The molecule has 0 N–H and O–H groups in total. The molecule has 0 saturated heterocycles. The van der Waals surface area contributed by atoms with Gasteiger partial charge >= 0.3 is 0 Å². The van der Waals surface area contributed by atoms with Crippen LogP contribution in [0.2, 0.25) is 0 Å². The highest BCUT2D eigenvalue weighted by atomic mass is 35.5. The predicted octanol–water partition coefficient (Wildman–Crippen LogP) is 2.66. The molecule has 0 saturated carbocycles. The molecule has 0 bridgehead atoms. The molecule has 12 heavy (non-hydrogen) atoms. The summed E-state index contributed by atoms with van der Waals surface area (Å²) < 4.78 is 0. The van der Waals surface area contributed by atoms with Crippen LogP contribution < -0.4 is 0 Å². The zero-order chi connectivity index (χ0) is 6.81. The van der Waals surface area contributed by atoms with Crippen LogP contribution in [0.3, 0.4) is 0 Å². The van der Waals surface area contributed by atoms with Gasteiger partial charge in [-0.25, -0.2) is 0 Å². The SMILES string of the molecule is C1=NCc2ccccc2C1.Cl.Cl. The average Bonchev–Trinajstić information content (AvgIpc) is 2.05. The minimum absolute atomic E-state index is 0. The van der Waals surface area contributed by atoms with Gasteiger partial charge in [0.1, 0.15) is 0 Å². The number of rotatable bonds is 0. The molecule has 66 valence electrons. The van der Waals surface area contributed by atoms with Crippen molar-refractivity contribution in [2.24, 2.45) is 4.99 Å². The summed E-state index contributed by atoms with van der Waals surface area (Å²) in [6.45, 7) is 0.871. The quantitative estimate of drug-likeness (QED) is 0.616. The van der Waals surface area contributed by atoms with Crippen molar-refractivity contribution in [2.75, 3.05) is 0 Å². The molecule has 1 heterocycles. The van der Waals surface area contributed by atoms with Crippen LogP contribution in [-0.4, -0.2) is 6.21 Å². The number of halogens is 2. The molecule has 1 aliphatic heterocycles. The Morgan fingerprint density at radius 3 is 2.33 bits per heavy atom. The summed E-state index contributed by atoms with van der Waals surface area (Å²) in [4.78, 5) is 4.19. The molecule has 0 aliphatic carbocycles. The van der Waals surface area contributed by atoms with Crippen molar-refractivity contribution in [3.8, 4) is 0 Å². The van der Waals surface area contributed by atoms with E-state index in [0.717, 1.165) is 13.0 Å². The highest BCUT2D eigenvalue weighted by molar-refractivity contribution is 5.85. The fourth-order valence-electron chi connectivity index (χ4n) is 1.24. The molecule has 0 fully saturated rings. The summed E-state index contributed by atoms with van der Waals surface area (Å²) in [5.74, 6) is 0. The van der Waals surface area contributed by atoms with Gasteiger partial charge in [0.2, 0.25) is 0 Å². The van der Waals surface area contributed by atoms with E-state index in [1.54, 1.807) is 0 Å². The molecule has 1 nitrogen and oxygen atoms in total. The lowest BCUT2D eigenvalue weighted by atomic mass is 10.0. The first-order chi connectivity index (χ1) is 4.97. The van der Waals surface area contributed by atoms with E-state index in [0.29, 0.717) is 0 Å². The van der Waals surface area contributed by atoms with Crippen molar-refractivity contribution in [3.05, 3.63) is 35.4 Å². The molecule has 0 amide bonds. The molecule has 0 radical (unpaired) electrons. The van der Waals surface area contributed by atoms with Crippen LogP contribution in [0.4, 0.5) is 0 Å². The van der Waals surface area contributed by atoms with E-state index in [4.69, 9.17) is 0 Å². The highest BCUT2D eigenvalue weighted by Gasteiger charge is 2.01. The lowest BCUT2D eigenvalue weighted by Crippen LogP contribution is -1.99. The van der Waals surface area contributed by atoms with E-state index in [-0.39, 0.29) is 24.8 Å². The fraction of sp³-hybridized carbons (Fsp3) is 0.222. The van der Waals surface area contributed by atoms with Gasteiger partial charge < -0.3 is 0 Å². The van der Waals surface area contributed by atoms with E-state index in [9.17, 15) is 0 Å². The number of aliphatic imine (C=N–C) groups is 1. The van der Waals surface area contributed by atoms with Crippen molar-refractivity contribution in [1.82, 2.24) is 0 Å². The fourth-order valence-corrected chi connectivity index (χ4v) is 1.24. The summed E-state index contributed by atoms with van der Waals surface area (Å²) in [6.07, 6.45) is 3.00. The zero-order valence-electron chi connectivity index (χ0n) is 6.56. The molecule has 1 aromatic carbocycles. The Balaban J connectivity index is 0.000000605. The van der Waals surface area contributed by atoms with Gasteiger partial charge in [-0.15, -0.1) is 24.8 Å². The van der Waals surface area contributed by atoms with E-state index in [2.05, 4.69) is 29.3 Å². The highest BCUT2D eigenvalue weighted by Crippen LogP contribution is 2.12. The lowest BCUT2D eigenvalue weighted by Gasteiger charge is -2.08. The summed E-state index contributed by atoms with van der Waals surface area (Å²) in [7, 11) is 0. The van der Waals surface area contributed by atoms with Crippen LogP contribution in [0.5, 0.6) is 0 Å². The van der Waals surface area contributed by atoms with Gasteiger partial charge in [-0.05, 0) is 11.1 Å². The van der Waals surface area contributed by atoms with Crippen molar-refractivity contribution in [3.63, 3.8) is 0 Å². The molecule has 0 atom stereocenters. The molecule has 1 aromatic rings. The molecule has 3 heteroatoms. The third-order valence-electron chi connectivity index (χ3n) is 1.82. The lowest BCUT2D eigenvalue weighted by molar-refractivity contribution is 1.00. The van der Waals surface area contributed by atoms with Gasteiger partial charge in [0, 0.05) is 12.6 Å². The van der Waals surface area contributed by atoms with Crippen molar-refractivity contribution in [2.45, 2.75) is 13.0 Å². The van der Waals surface area contributed by atoms with E-state index >= 15 is 0 Å². The maximum Gasteiger partial charge on any atom is 0.0638 e. The Kier molecular flexibility index (Phi) is 4.95. The van der Waals surface area contributed by atoms with Gasteiger partial charge in [-0.3, -0.25) is 4.99 Å². The maximum absolute atomic E-state index is 4.19. The van der Waals surface area contributed by atoms with Gasteiger partial charge in [0.05, 0.1) is 6.54 Å². The van der Waals surface area contributed by atoms with Crippen LogP contribution >= 0.6 is 24.8 Å². The van der Waals surface area contributed by atoms with Gasteiger partial charge in [0.25, 0.3) is 0 Å². The summed E-state index contributed by atoms with van der Waals surface area (Å²) in [6, 6.07) is 8.46. The summed E-state index contributed by atoms with van der Waals surface area (Å²) in [5.41, 5.74) is 2.81. The van der Waals surface area contributed by atoms with Crippen LogP contribution in [-0.2, 0) is 13.0 Å². The minimum Gasteiger partial charge on any atom is -0.292 e. The molecule has 0 unspecified atom stereocenters. The Hall–Kier alpha value is -0.530. The van der Waals surface area contributed by atoms with E-state index in [1.165, 1.54) is 11.1 Å². The van der Waals surface area contributed by atoms with Crippen molar-refractivity contribution >= 4 is 31.0 Å². The minimum atomic E-state index is 0. The van der Waals surface area contributed by atoms with Crippen molar-refractivity contribution in [1.29, 1.82) is 0 Å². The largest absolute Gasteiger partial charge is 0.292 e. The van der Waals surface area contributed by atoms with Crippen LogP contribution in [0.15, 0.2) is 29.3 Å². The first-order valence-electron chi connectivity index (χ1n) is 3.52. The Morgan fingerprint density at radius 1 is 1.00 bits per heavy atom. The Bertz CT molecular complexity index is 244. The molecule has 0 aromatic heterocycles. The summed E-state index contributed by atoms with van der Waals surface area (Å²) >= 11 is 0. The number of hydrogen-bond acceptors (Lipinski definition) is 1. The standard InChI is InChI=1S/C9H9N.2ClH/c1-2-4-9-7-10-6-5-8(9)3-1;;/h1-4,6H,5,7H2;2*1H. The topological polar surface area (TPSA) is 12.4 Å². The van der Waals surface area contributed by atoms with Gasteiger partial charge in [0.15, 0.2) is 0 Å². The Labute approximate surface area is 84.7 Å². The third-order valence-corrected chi connectivity index (χ3v) is 1.82. The zero-order valence-corrected chi connectivity index (χ0v) is 8.20. The van der Waals surface area contributed by atoms with Crippen LogP contribution in [0.1, 0.15) is 11.1 Å². The normalized spacial score (nSPS) is 12.3. The second-order valence-electron chi connectivity index (χ2n) is 2.50.